The summed E-state index contributed by atoms with van der Waals surface area (Å²) >= 11 is 0. The molecule has 0 spiro atoms. The summed E-state index contributed by atoms with van der Waals surface area (Å²) < 4.78 is 3.88. The number of aliphatic hydroxyl groups is 1. The van der Waals surface area contributed by atoms with E-state index >= 15 is 0 Å². The Morgan fingerprint density at radius 1 is 2.00 bits per heavy atom. The van der Waals surface area contributed by atoms with Crippen LogP contribution in [0.2, 0.25) is 0 Å². The Bertz CT molecular complexity index is 80.2. The van der Waals surface area contributed by atoms with E-state index in [0.717, 1.165) is 0 Å². The highest BCUT2D eigenvalue weighted by Crippen LogP contribution is 1.75. The maximum Gasteiger partial charge on any atom is 0.435 e. The lowest BCUT2D eigenvalue weighted by molar-refractivity contribution is 0.0504. The number of ether oxygens (including phenoxy) is 1. The van der Waals surface area contributed by atoms with Crippen molar-refractivity contribution >= 4 is 12.8 Å². The Morgan fingerprint density at radius 3 is 2.71 bits per heavy atom. The predicted molar refractivity (Wildman–Crippen MR) is 23.1 cm³/mol. The van der Waals surface area contributed by atoms with Crippen LogP contribution in [0.5, 0.6) is 0 Å². The number of aliphatic hydroxyl groups excluding tert-OH is 1. The molecule has 0 saturated carbocycles. The van der Waals surface area contributed by atoms with Crippen molar-refractivity contribution in [2.24, 2.45) is 4.99 Å². The van der Waals surface area contributed by atoms with Crippen molar-refractivity contribution in [1.82, 2.24) is 0 Å². The van der Waals surface area contributed by atoms with Gasteiger partial charge in [0.1, 0.15) is 0 Å². The molecule has 40 valence electrons. The molecule has 0 radical (unpaired) electrons. The van der Waals surface area contributed by atoms with E-state index in [4.69, 9.17) is 5.11 Å². The Hall–Kier alpha value is -0.900. The second kappa shape index (κ2) is 3.30. The number of hydrogen-bond donors (Lipinski definition) is 1. The number of nitrogens with zero attached hydrogens (tertiary/aromatic N) is 1. The van der Waals surface area contributed by atoms with E-state index in [2.05, 4.69) is 16.4 Å². The minimum absolute atomic E-state index is 0.641. The molecule has 0 heterocycles. The van der Waals surface area contributed by atoms with Gasteiger partial charge in [0.15, 0.2) is 6.79 Å². The monoisotopic (exact) mass is 103 g/mol. The topological polar surface area (TPSA) is 58.9 Å². The summed E-state index contributed by atoms with van der Waals surface area (Å²) in [6, 6.07) is 0. The van der Waals surface area contributed by atoms with Crippen LogP contribution in [0, 0.1) is 0 Å². The lowest BCUT2D eigenvalue weighted by Crippen LogP contribution is -1.97. The number of carbonyl (C=O) groups is 1. The van der Waals surface area contributed by atoms with E-state index in [1.165, 1.54) is 0 Å². The average molecular weight is 103 g/mol. The van der Waals surface area contributed by atoms with Crippen LogP contribution in [-0.4, -0.2) is 24.7 Å². The van der Waals surface area contributed by atoms with Gasteiger partial charge in [-0.2, -0.15) is 4.99 Å². The Kier molecular flexibility index (Phi) is 2.87. The fraction of sp³-hybridized carbons (Fsp3) is 0.333. The quantitative estimate of drug-likeness (QED) is 0.368. The van der Waals surface area contributed by atoms with Crippen molar-refractivity contribution in [3.05, 3.63) is 0 Å². The summed E-state index contributed by atoms with van der Waals surface area (Å²) in [5.41, 5.74) is 0. The molecule has 0 atom stereocenters. The van der Waals surface area contributed by atoms with Gasteiger partial charge < -0.3 is 9.84 Å². The standard InChI is InChI=1S/C3H5NO3/c1-4-3(6)7-2-5/h5H,1-2H2. The molecule has 0 aliphatic heterocycles. The van der Waals surface area contributed by atoms with Gasteiger partial charge in [0.2, 0.25) is 0 Å². The predicted octanol–water partition coefficient (Wildman–Crippen LogP) is -0.227. The van der Waals surface area contributed by atoms with E-state index in [9.17, 15) is 4.79 Å². The Labute approximate surface area is 40.4 Å². The molecule has 0 saturated heterocycles. The summed E-state index contributed by atoms with van der Waals surface area (Å²) in [7, 11) is 0. The van der Waals surface area contributed by atoms with Crippen molar-refractivity contribution in [2.45, 2.75) is 0 Å². The van der Waals surface area contributed by atoms with Crippen molar-refractivity contribution in [2.75, 3.05) is 6.79 Å². The highest BCUT2D eigenvalue weighted by Gasteiger charge is 1.89. The van der Waals surface area contributed by atoms with Crippen molar-refractivity contribution in [3.63, 3.8) is 0 Å². The smallest absolute Gasteiger partial charge is 0.421 e. The zero-order chi connectivity index (χ0) is 5.70. The molecule has 0 aromatic heterocycles. The molecular formula is C3H5NO3. The first-order valence-corrected chi connectivity index (χ1v) is 1.55. The first kappa shape index (κ1) is 6.10. The molecule has 0 aromatic carbocycles. The summed E-state index contributed by atoms with van der Waals surface area (Å²) in [5.74, 6) is 0. The molecular weight excluding hydrogens is 98.0 g/mol. The van der Waals surface area contributed by atoms with Crippen LogP contribution >= 0.6 is 0 Å². The second-order valence-electron chi connectivity index (χ2n) is 0.697. The van der Waals surface area contributed by atoms with Crippen molar-refractivity contribution in [1.29, 1.82) is 0 Å². The summed E-state index contributed by atoms with van der Waals surface area (Å²) in [6.07, 6.45) is -0.859. The second-order valence-corrected chi connectivity index (χ2v) is 0.697. The van der Waals surface area contributed by atoms with Crippen LogP contribution < -0.4 is 0 Å². The van der Waals surface area contributed by atoms with E-state index in [1.807, 2.05) is 0 Å². The third-order valence-corrected chi connectivity index (χ3v) is 0.317. The number of amides is 1. The molecule has 0 rings (SSSR count). The molecule has 0 aromatic rings. The molecule has 7 heavy (non-hydrogen) atoms. The molecule has 0 aliphatic rings. The molecule has 4 nitrogen and oxygen atoms in total. The van der Waals surface area contributed by atoms with Crippen molar-refractivity contribution < 1.29 is 14.6 Å². The van der Waals surface area contributed by atoms with Gasteiger partial charge in [0.25, 0.3) is 0 Å². The summed E-state index contributed by atoms with van der Waals surface area (Å²) in [4.78, 5) is 12.6. The first-order chi connectivity index (χ1) is 3.31. The lowest BCUT2D eigenvalue weighted by Gasteiger charge is -1.88. The van der Waals surface area contributed by atoms with Gasteiger partial charge in [-0.3, -0.25) is 0 Å². The molecule has 0 aliphatic carbocycles. The third kappa shape index (κ3) is 2.92. The number of hydrogen-bond acceptors (Lipinski definition) is 3. The fourth-order valence-corrected chi connectivity index (χ4v) is 0.101. The Balaban J connectivity index is 3.17. The third-order valence-electron chi connectivity index (χ3n) is 0.317. The highest BCUT2D eigenvalue weighted by atomic mass is 16.6. The van der Waals surface area contributed by atoms with Crippen LogP contribution in [0.25, 0.3) is 0 Å². The van der Waals surface area contributed by atoms with E-state index in [1.54, 1.807) is 0 Å². The molecule has 1 amide bonds. The largest absolute Gasteiger partial charge is 0.435 e. The maximum absolute atomic E-state index is 9.80. The normalized spacial score (nSPS) is 7.57. The molecule has 0 unspecified atom stereocenters. The Morgan fingerprint density at radius 2 is 2.57 bits per heavy atom. The van der Waals surface area contributed by atoms with Crippen LogP contribution in [0.1, 0.15) is 0 Å². The van der Waals surface area contributed by atoms with Gasteiger partial charge in [0, 0.05) is 0 Å². The minimum Gasteiger partial charge on any atom is -0.421 e. The summed E-state index contributed by atoms with van der Waals surface area (Å²) in [6.45, 7) is 2.20. The number of aliphatic imine (C=N–C) groups is 1. The minimum atomic E-state index is -0.859. The van der Waals surface area contributed by atoms with Crippen LogP contribution in [0.15, 0.2) is 4.99 Å². The van der Waals surface area contributed by atoms with Gasteiger partial charge in [-0.25, -0.2) is 4.79 Å². The van der Waals surface area contributed by atoms with Crippen LogP contribution in [0.3, 0.4) is 0 Å². The molecule has 0 bridgehead atoms. The van der Waals surface area contributed by atoms with Crippen LogP contribution in [0.4, 0.5) is 4.79 Å². The number of rotatable bonds is 1. The van der Waals surface area contributed by atoms with Crippen molar-refractivity contribution in [3.8, 4) is 0 Å². The number of carbonyl (C=O) groups excluding carboxylic acids is 1. The first-order valence-electron chi connectivity index (χ1n) is 1.55. The molecule has 1 N–H and O–H groups in total. The van der Waals surface area contributed by atoms with Gasteiger partial charge in [-0.05, 0) is 6.72 Å². The highest BCUT2D eigenvalue weighted by molar-refractivity contribution is 5.72. The average Bonchev–Trinajstić information content (AvgIpc) is 1.68. The van der Waals surface area contributed by atoms with Gasteiger partial charge in [-0.15, -0.1) is 0 Å². The van der Waals surface area contributed by atoms with Crippen LogP contribution in [-0.2, 0) is 4.74 Å². The van der Waals surface area contributed by atoms with Gasteiger partial charge >= 0.3 is 6.09 Å². The zero-order valence-corrected chi connectivity index (χ0v) is 3.63. The van der Waals surface area contributed by atoms with E-state index in [-0.39, 0.29) is 0 Å². The molecule has 4 heteroatoms. The van der Waals surface area contributed by atoms with E-state index in [0.29, 0.717) is 0 Å². The zero-order valence-electron chi connectivity index (χ0n) is 3.63. The molecule has 0 fully saturated rings. The fourth-order valence-electron chi connectivity index (χ4n) is 0.101. The van der Waals surface area contributed by atoms with Gasteiger partial charge in [-0.1, -0.05) is 0 Å². The lowest BCUT2D eigenvalue weighted by atomic mass is 11.2. The maximum atomic E-state index is 9.80. The SMILES string of the molecule is C=NC(=O)OCO. The van der Waals surface area contributed by atoms with Gasteiger partial charge in [0.05, 0.1) is 0 Å². The van der Waals surface area contributed by atoms with E-state index < -0.39 is 12.9 Å². The summed E-state index contributed by atoms with van der Waals surface area (Å²) in [5, 5.41) is 7.84.